The van der Waals surface area contributed by atoms with Crippen LogP contribution in [-0.4, -0.2) is 18.5 Å². The first-order chi connectivity index (χ1) is 11.5. The van der Waals surface area contributed by atoms with Crippen LogP contribution in [0.5, 0.6) is 0 Å². The molecule has 0 radical (unpaired) electrons. The molecule has 0 aromatic heterocycles. The minimum Gasteiger partial charge on any atom is -0.325 e. The Morgan fingerprint density at radius 2 is 1.83 bits per heavy atom. The molecule has 1 saturated heterocycles. The Morgan fingerprint density at radius 3 is 2.46 bits per heavy atom. The molecule has 3 nitrogen and oxygen atoms in total. The number of rotatable bonds is 5. The van der Waals surface area contributed by atoms with Gasteiger partial charge in [-0.1, -0.05) is 30.3 Å². The van der Waals surface area contributed by atoms with Gasteiger partial charge in [-0.05, 0) is 63.1 Å². The summed E-state index contributed by atoms with van der Waals surface area (Å²) in [5.74, 6) is 0.0671. The highest BCUT2D eigenvalue weighted by molar-refractivity contribution is 8.00. The largest absolute Gasteiger partial charge is 0.325 e. The monoisotopic (exact) mass is 340 g/mol. The van der Waals surface area contributed by atoms with E-state index in [1.807, 2.05) is 30.0 Å². The number of carbonyl (C=O) groups is 1. The highest BCUT2D eigenvalue weighted by Gasteiger charge is 2.23. The molecular weight excluding hydrogens is 316 g/mol. The van der Waals surface area contributed by atoms with E-state index in [0.29, 0.717) is 0 Å². The number of carbonyl (C=O) groups excluding carboxylic acids is 1. The van der Waals surface area contributed by atoms with Crippen LogP contribution in [0.4, 0.5) is 5.69 Å². The number of hydrogen-bond acceptors (Lipinski definition) is 3. The molecule has 3 rings (SSSR count). The van der Waals surface area contributed by atoms with Crippen molar-refractivity contribution in [2.24, 2.45) is 0 Å². The molecule has 0 aliphatic carbocycles. The lowest BCUT2D eigenvalue weighted by atomic mass is 10.0. The summed E-state index contributed by atoms with van der Waals surface area (Å²) in [5, 5.41) is 6.22. The van der Waals surface area contributed by atoms with Gasteiger partial charge in [-0.2, -0.15) is 0 Å². The van der Waals surface area contributed by atoms with Gasteiger partial charge < -0.3 is 10.6 Å². The van der Waals surface area contributed by atoms with Gasteiger partial charge in [0, 0.05) is 15.3 Å². The summed E-state index contributed by atoms with van der Waals surface area (Å²) in [4.78, 5) is 13.3. The zero-order valence-electron chi connectivity index (χ0n) is 14.2. The lowest BCUT2D eigenvalue weighted by Gasteiger charge is -2.24. The maximum Gasteiger partial charge on any atom is 0.241 e. The maximum atomic E-state index is 12.1. The fourth-order valence-corrected chi connectivity index (χ4v) is 4.05. The van der Waals surface area contributed by atoms with E-state index in [2.05, 4.69) is 60.9 Å². The molecule has 1 atom stereocenters. The molecule has 1 fully saturated rings. The Bertz CT molecular complexity index is 677. The van der Waals surface area contributed by atoms with E-state index in [9.17, 15) is 4.79 Å². The van der Waals surface area contributed by atoms with E-state index in [1.54, 1.807) is 0 Å². The molecule has 24 heavy (non-hydrogen) atoms. The first-order valence-electron chi connectivity index (χ1n) is 8.43. The molecule has 1 aliphatic rings. The second kappa shape index (κ2) is 7.41. The van der Waals surface area contributed by atoms with Crippen LogP contribution in [0, 0.1) is 0 Å². The highest BCUT2D eigenvalue weighted by Crippen LogP contribution is 2.40. The van der Waals surface area contributed by atoms with E-state index in [-0.39, 0.29) is 16.7 Å². The lowest BCUT2D eigenvalue weighted by molar-refractivity contribution is -0.117. The molecule has 0 saturated carbocycles. The van der Waals surface area contributed by atoms with Crippen LogP contribution >= 0.6 is 11.8 Å². The Labute approximate surface area is 148 Å². The highest BCUT2D eigenvalue weighted by atomic mass is 32.2. The Morgan fingerprint density at radius 1 is 1.12 bits per heavy atom. The van der Waals surface area contributed by atoms with Crippen LogP contribution in [-0.2, 0) is 9.54 Å². The smallest absolute Gasteiger partial charge is 0.241 e. The first kappa shape index (κ1) is 17.1. The summed E-state index contributed by atoms with van der Waals surface area (Å²) < 4.78 is -0.000206. The first-order valence-corrected chi connectivity index (χ1v) is 9.25. The van der Waals surface area contributed by atoms with Crippen molar-refractivity contribution in [2.75, 3.05) is 11.9 Å². The zero-order chi connectivity index (χ0) is 17.0. The summed E-state index contributed by atoms with van der Waals surface area (Å²) in [7, 11) is 0. The van der Waals surface area contributed by atoms with Crippen molar-refractivity contribution in [3.63, 3.8) is 0 Å². The predicted molar refractivity (Wildman–Crippen MR) is 101 cm³/mol. The molecule has 4 heteroatoms. The lowest BCUT2D eigenvalue weighted by Crippen LogP contribution is -2.35. The second-order valence-electron chi connectivity index (χ2n) is 6.64. The van der Waals surface area contributed by atoms with E-state index in [1.165, 1.54) is 10.5 Å². The average Bonchev–Trinajstić information content (AvgIpc) is 3.12. The van der Waals surface area contributed by atoms with Crippen LogP contribution in [0.1, 0.15) is 32.3 Å². The third-order valence-corrected chi connectivity index (χ3v) is 5.59. The van der Waals surface area contributed by atoms with E-state index in [4.69, 9.17) is 0 Å². The molecule has 126 valence electrons. The summed E-state index contributed by atoms with van der Waals surface area (Å²) >= 11 is 1.83. The van der Waals surface area contributed by atoms with Crippen LogP contribution in [0.25, 0.3) is 0 Å². The Balaban J connectivity index is 1.63. The van der Waals surface area contributed by atoms with Gasteiger partial charge in [0.1, 0.15) is 0 Å². The molecule has 1 heterocycles. The van der Waals surface area contributed by atoms with E-state index in [0.717, 1.165) is 25.1 Å². The SMILES string of the molecule is CC(C)(Sc1ccc(NC(=O)C2CCCN2)cc1)c1ccccc1. The summed E-state index contributed by atoms with van der Waals surface area (Å²) in [6.45, 7) is 5.39. The number of thioether (sulfide) groups is 1. The molecule has 1 aliphatic heterocycles. The number of benzene rings is 2. The van der Waals surface area contributed by atoms with Gasteiger partial charge in [-0.25, -0.2) is 0 Å². The van der Waals surface area contributed by atoms with Crippen molar-refractivity contribution in [1.29, 1.82) is 0 Å². The van der Waals surface area contributed by atoms with Crippen LogP contribution < -0.4 is 10.6 Å². The molecule has 1 unspecified atom stereocenters. The minimum atomic E-state index is -0.0453. The molecule has 0 spiro atoms. The summed E-state index contributed by atoms with van der Waals surface area (Å²) in [6.07, 6.45) is 1.99. The van der Waals surface area contributed by atoms with Gasteiger partial charge in [0.25, 0.3) is 0 Å². The third kappa shape index (κ3) is 4.19. The molecule has 2 aromatic rings. The maximum absolute atomic E-state index is 12.1. The van der Waals surface area contributed by atoms with Crippen LogP contribution in [0.15, 0.2) is 59.5 Å². The third-order valence-electron chi connectivity index (χ3n) is 4.34. The molecular formula is C20H24N2OS. The van der Waals surface area contributed by atoms with Crippen LogP contribution in [0.3, 0.4) is 0 Å². The minimum absolute atomic E-state index is 0.000206. The Hall–Kier alpha value is -1.78. The van der Waals surface area contributed by atoms with Gasteiger partial charge in [-0.3, -0.25) is 4.79 Å². The van der Waals surface area contributed by atoms with Crippen molar-refractivity contribution < 1.29 is 4.79 Å². The van der Waals surface area contributed by atoms with Crippen molar-refractivity contribution in [3.8, 4) is 0 Å². The Kier molecular flexibility index (Phi) is 5.27. The van der Waals surface area contributed by atoms with Crippen molar-refractivity contribution in [1.82, 2.24) is 5.32 Å². The zero-order valence-corrected chi connectivity index (χ0v) is 15.0. The van der Waals surface area contributed by atoms with Gasteiger partial charge in [0.2, 0.25) is 5.91 Å². The number of hydrogen-bond donors (Lipinski definition) is 2. The molecule has 2 N–H and O–H groups in total. The standard InChI is InChI=1S/C20H24N2OS/c1-20(2,15-7-4-3-5-8-15)24-17-12-10-16(11-13-17)22-19(23)18-9-6-14-21-18/h3-5,7-8,10-13,18,21H,6,9,14H2,1-2H3,(H,22,23). The van der Waals surface area contributed by atoms with Crippen molar-refractivity contribution >= 4 is 23.4 Å². The number of amides is 1. The van der Waals surface area contributed by atoms with E-state index >= 15 is 0 Å². The summed E-state index contributed by atoms with van der Waals surface area (Å²) in [6, 6.07) is 18.6. The van der Waals surface area contributed by atoms with Gasteiger partial charge in [0.05, 0.1) is 6.04 Å². The van der Waals surface area contributed by atoms with Crippen molar-refractivity contribution in [2.45, 2.75) is 42.4 Å². The molecule has 0 bridgehead atoms. The molecule has 2 aromatic carbocycles. The quantitative estimate of drug-likeness (QED) is 0.793. The van der Waals surface area contributed by atoms with Gasteiger partial charge >= 0.3 is 0 Å². The van der Waals surface area contributed by atoms with Gasteiger partial charge in [0.15, 0.2) is 0 Å². The average molecular weight is 340 g/mol. The predicted octanol–water partition coefficient (Wildman–Crippen LogP) is 4.40. The van der Waals surface area contributed by atoms with Gasteiger partial charge in [-0.15, -0.1) is 11.8 Å². The van der Waals surface area contributed by atoms with Crippen LogP contribution in [0.2, 0.25) is 0 Å². The summed E-state index contributed by atoms with van der Waals surface area (Å²) in [5.41, 5.74) is 2.16. The number of nitrogens with one attached hydrogen (secondary N) is 2. The second-order valence-corrected chi connectivity index (χ2v) is 8.34. The normalized spacial score (nSPS) is 17.7. The fourth-order valence-electron chi connectivity index (χ4n) is 2.94. The molecule has 1 amide bonds. The van der Waals surface area contributed by atoms with Crippen molar-refractivity contribution in [3.05, 3.63) is 60.2 Å². The number of anilines is 1. The topological polar surface area (TPSA) is 41.1 Å². The fraction of sp³-hybridized carbons (Fsp3) is 0.350. The van der Waals surface area contributed by atoms with E-state index < -0.39 is 0 Å².